The summed E-state index contributed by atoms with van der Waals surface area (Å²) in [5.74, 6) is -0.360. The van der Waals surface area contributed by atoms with E-state index in [1.165, 1.54) is 0 Å². The molecule has 0 aliphatic heterocycles. The minimum atomic E-state index is -4.35. The minimum Gasteiger partial charge on any atom is -0.370 e. The Kier molecular flexibility index (Phi) is 5.73. The Labute approximate surface area is 135 Å². The molecule has 0 bridgehead atoms. The van der Waals surface area contributed by atoms with Crippen molar-refractivity contribution < 1.29 is 22.7 Å². The van der Waals surface area contributed by atoms with Gasteiger partial charge in [0.2, 0.25) is 0 Å². The Bertz CT molecular complexity index is 653. The summed E-state index contributed by atoms with van der Waals surface area (Å²) in [7, 11) is 0. The lowest BCUT2D eigenvalue weighted by Crippen LogP contribution is -2.28. The number of nitrogens with one attached hydrogen (secondary N) is 1. The summed E-state index contributed by atoms with van der Waals surface area (Å²) in [6, 6.07) is 6.86. The van der Waals surface area contributed by atoms with E-state index in [0.29, 0.717) is 5.56 Å². The highest BCUT2D eigenvalue weighted by molar-refractivity contribution is 7.09. The molecule has 0 radical (unpaired) electrons. The monoisotopic (exact) mass is 344 g/mol. The van der Waals surface area contributed by atoms with Gasteiger partial charge in [-0.3, -0.25) is 4.79 Å². The first-order valence-electron chi connectivity index (χ1n) is 6.80. The summed E-state index contributed by atoms with van der Waals surface area (Å²) in [6.45, 7) is 0.421. The topological polar surface area (TPSA) is 51.2 Å². The van der Waals surface area contributed by atoms with Crippen molar-refractivity contribution in [3.8, 4) is 11.3 Å². The number of nitrogens with zero attached hydrogens (tertiary/aromatic N) is 1. The largest absolute Gasteiger partial charge is 0.411 e. The molecule has 0 atom stereocenters. The van der Waals surface area contributed by atoms with Gasteiger partial charge in [0.1, 0.15) is 6.61 Å². The van der Waals surface area contributed by atoms with Crippen LogP contribution in [0, 0.1) is 6.92 Å². The zero-order valence-corrected chi connectivity index (χ0v) is 13.1. The molecule has 0 aliphatic rings. The van der Waals surface area contributed by atoms with Crippen molar-refractivity contribution in [3.05, 3.63) is 40.2 Å². The van der Waals surface area contributed by atoms with E-state index in [9.17, 15) is 18.0 Å². The van der Waals surface area contributed by atoms with E-state index in [1.54, 1.807) is 35.6 Å². The van der Waals surface area contributed by atoms with Gasteiger partial charge in [-0.15, -0.1) is 11.3 Å². The van der Waals surface area contributed by atoms with Gasteiger partial charge in [-0.2, -0.15) is 13.2 Å². The van der Waals surface area contributed by atoms with Gasteiger partial charge >= 0.3 is 6.18 Å². The van der Waals surface area contributed by atoms with Crippen LogP contribution in [0.25, 0.3) is 11.3 Å². The second kappa shape index (κ2) is 7.56. The predicted molar refractivity (Wildman–Crippen MR) is 81.5 cm³/mol. The average molecular weight is 344 g/mol. The number of hydrogen-bond donors (Lipinski definition) is 1. The SMILES string of the molecule is Cc1nc(-c2ccc(C(=O)NCCOCC(F)(F)F)cc2)cs1. The third-order valence-electron chi connectivity index (χ3n) is 2.86. The molecule has 0 fully saturated rings. The first kappa shape index (κ1) is 17.4. The molecule has 4 nitrogen and oxygen atoms in total. The Hall–Kier alpha value is -1.93. The molecule has 2 aromatic rings. The first-order chi connectivity index (χ1) is 10.8. The summed E-state index contributed by atoms with van der Waals surface area (Å²) in [4.78, 5) is 16.2. The lowest BCUT2D eigenvalue weighted by Gasteiger charge is -2.08. The third kappa shape index (κ3) is 5.65. The molecule has 8 heteroatoms. The van der Waals surface area contributed by atoms with Crippen LogP contribution in [0.3, 0.4) is 0 Å². The number of carbonyl (C=O) groups excluding carboxylic acids is 1. The average Bonchev–Trinajstić information content (AvgIpc) is 2.92. The Balaban J connectivity index is 1.81. The number of rotatable bonds is 6. The van der Waals surface area contributed by atoms with Crippen LogP contribution < -0.4 is 5.32 Å². The molecule has 0 spiro atoms. The van der Waals surface area contributed by atoms with Crippen molar-refractivity contribution in [3.63, 3.8) is 0 Å². The van der Waals surface area contributed by atoms with Crippen LogP contribution in [0.1, 0.15) is 15.4 Å². The molecule has 1 aromatic carbocycles. The van der Waals surface area contributed by atoms with Gasteiger partial charge < -0.3 is 10.1 Å². The molecule has 1 N–H and O–H groups in total. The van der Waals surface area contributed by atoms with Crippen molar-refractivity contribution >= 4 is 17.2 Å². The number of amides is 1. The Morgan fingerprint density at radius 1 is 1.30 bits per heavy atom. The fourth-order valence-corrected chi connectivity index (χ4v) is 2.44. The Morgan fingerprint density at radius 3 is 2.57 bits per heavy atom. The maximum atomic E-state index is 11.9. The van der Waals surface area contributed by atoms with E-state index in [4.69, 9.17) is 0 Å². The highest BCUT2D eigenvalue weighted by atomic mass is 32.1. The third-order valence-corrected chi connectivity index (χ3v) is 3.63. The number of alkyl halides is 3. The second-order valence-corrected chi connectivity index (χ2v) is 5.82. The van der Waals surface area contributed by atoms with E-state index < -0.39 is 12.8 Å². The van der Waals surface area contributed by atoms with Gasteiger partial charge in [0.05, 0.1) is 17.3 Å². The number of benzene rings is 1. The number of ether oxygens (including phenoxy) is 1. The van der Waals surface area contributed by atoms with Crippen LogP contribution >= 0.6 is 11.3 Å². The van der Waals surface area contributed by atoms with E-state index in [1.807, 2.05) is 12.3 Å². The summed E-state index contributed by atoms with van der Waals surface area (Å²) in [5, 5.41) is 5.40. The summed E-state index contributed by atoms with van der Waals surface area (Å²) >= 11 is 1.54. The smallest absolute Gasteiger partial charge is 0.370 e. The van der Waals surface area contributed by atoms with Crippen molar-refractivity contribution in [1.82, 2.24) is 10.3 Å². The fourth-order valence-electron chi connectivity index (χ4n) is 1.82. The predicted octanol–water partition coefficient (Wildman–Crippen LogP) is 3.43. The molecule has 124 valence electrons. The van der Waals surface area contributed by atoms with E-state index >= 15 is 0 Å². The van der Waals surface area contributed by atoms with Crippen LogP contribution in [-0.2, 0) is 4.74 Å². The molecule has 23 heavy (non-hydrogen) atoms. The standard InChI is InChI=1S/C15H15F3N2O2S/c1-10-20-13(8-23-10)11-2-4-12(5-3-11)14(21)19-6-7-22-9-15(16,17)18/h2-5,8H,6-7,9H2,1H3,(H,19,21). The van der Waals surface area contributed by atoms with Gasteiger partial charge in [-0.25, -0.2) is 4.98 Å². The molecule has 2 rings (SSSR count). The fraction of sp³-hybridized carbons (Fsp3) is 0.333. The highest BCUT2D eigenvalue weighted by Crippen LogP contribution is 2.21. The van der Waals surface area contributed by atoms with Crippen LogP contribution in [0.15, 0.2) is 29.6 Å². The molecule has 0 saturated heterocycles. The summed E-state index contributed by atoms with van der Waals surface area (Å²) in [5.41, 5.74) is 2.18. The maximum absolute atomic E-state index is 11.9. The van der Waals surface area contributed by atoms with E-state index in [-0.39, 0.29) is 19.1 Å². The van der Waals surface area contributed by atoms with Crippen molar-refractivity contribution in [2.75, 3.05) is 19.8 Å². The van der Waals surface area contributed by atoms with Crippen LogP contribution in [0.4, 0.5) is 13.2 Å². The zero-order chi connectivity index (χ0) is 16.9. The molecule has 1 aromatic heterocycles. The van der Waals surface area contributed by atoms with E-state index in [2.05, 4.69) is 15.0 Å². The highest BCUT2D eigenvalue weighted by Gasteiger charge is 2.27. The second-order valence-electron chi connectivity index (χ2n) is 4.75. The molecule has 1 heterocycles. The van der Waals surface area contributed by atoms with Crippen molar-refractivity contribution in [2.24, 2.45) is 0 Å². The molecule has 1 amide bonds. The minimum absolute atomic E-state index is 0.0158. The van der Waals surface area contributed by atoms with Crippen LogP contribution in [0.5, 0.6) is 0 Å². The van der Waals surface area contributed by atoms with Crippen LogP contribution in [0.2, 0.25) is 0 Å². The van der Waals surface area contributed by atoms with Gasteiger partial charge in [0.15, 0.2) is 0 Å². The molecule has 0 saturated carbocycles. The van der Waals surface area contributed by atoms with E-state index in [0.717, 1.165) is 16.3 Å². The molecular weight excluding hydrogens is 329 g/mol. The number of thiazole rings is 1. The summed E-state index contributed by atoms with van der Waals surface area (Å²) in [6.07, 6.45) is -4.35. The number of halogens is 3. The maximum Gasteiger partial charge on any atom is 0.411 e. The quantitative estimate of drug-likeness (QED) is 0.817. The molecule has 0 unspecified atom stereocenters. The van der Waals surface area contributed by atoms with Gasteiger partial charge in [-0.1, -0.05) is 12.1 Å². The zero-order valence-electron chi connectivity index (χ0n) is 12.3. The number of aromatic nitrogens is 1. The van der Waals surface area contributed by atoms with Gasteiger partial charge in [-0.05, 0) is 19.1 Å². The van der Waals surface area contributed by atoms with Crippen molar-refractivity contribution in [1.29, 1.82) is 0 Å². The number of aryl methyl sites for hydroxylation is 1. The lowest BCUT2D eigenvalue weighted by molar-refractivity contribution is -0.173. The summed E-state index contributed by atoms with van der Waals surface area (Å²) < 4.78 is 40.0. The van der Waals surface area contributed by atoms with Gasteiger partial charge in [0.25, 0.3) is 5.91 Å². The number of hydrogen-bond acceptors (Lipinski definition) is 4. The number of carbonyl (C=O) groups is 1. The first-order valence-corrected chi connectivity index (χ1v) is 7.68. The molecule has 0 aliphatic carbocycles. The van der Waals surface area contributed by atoms with Crippen LogP contribution in [-0.4, -0.2) is 36.8 Å². The van der Waals surface area contributed by atoms with Gasteiger partial charge in [0, 0.05) is 23.1 Å². The molecular formula is C15H15F3N2O2S. The Morgan fingerprint density at radius 2 is 2.00 bits per heavy atom. The normalized spacial score (nSPS) is 11.5. The van der Waals surface area contributed by atoms with Crippen molar-refractivity contribution in [2.45, 2.75) is 13.1 Å². The lowest BCUT2D eigenvalue weighted by atomic mass is 10.1.